The second-order valence-electron chi connectivity index (χ2n) is 3.94. The minimum Gasteiger partial charge on any atom is -0.303 e. The Labute approximate surface area is 98.2 Å². The summed E-state index contributed by atoms with van der Waals surface area (Å²) in [4.78, 5) is 16.8. The number of hydrogen-bond acceptors (Lipinski definition) is 2. The number of phosphoric ester groups is 1. The van der Waals surface area contributed by atoms with Gasteiger partial charge in [-0.25, -0.2) is 4.57 Å². The van der Waals surface area contributed by atoms with Crippen molar-refractivity contribution in [2.75, 3.05) is 0 Å². The summed E-state index contributed by atoms with van der Waals surface area (Å²) in [5.41, 5.74) is -2.63. The van der Waals surface area contributed by atoms with E-state index in [0.717, 1.165) is 0 Å². The zero-order valence-corrected chi connectivity index (χ0v) is 9.94. The van der Waals surface area contributed by atoms with Crippen molar-refractivity contribution in [3.05, 3.63) is 0 Å². The van der Waals surface area contributed by atoms with Gasteiger partial charge >= 0.3 is 20.2 Å². The molecule has 0 amide bonds. The van der Waals surface area contributed by atoms with Gasteiger partial charge in [0, 0.05) is 6.42 Å². The predicted molar refractivity (Wildman–Crippen MR) is 47.5 cm³/mol. The maximum absolute atomic E-state index is 12.1. The van der Waals surface area contributed by atoms with Crippen molar-refractivity contribution in [3.8, 4) is 0 Å². The van der Waals surface area contributed by atoms with Gasteiger partial charge in [-0.1, -0.05) is 0 Å². The van der Waals surface area contributed by atoms with Crippen LogP contribution in [0.25, 0.3) is 0 Å². The van der Waals surface area contributed by atoms with Crippen molar-refractivity contribution in [2.24, 2.45) is 0 Å². The molecule has 0 bridgehead atoms. The molecule has 11 heteroatoms. The zero-order chi connectivity index (χ0) is 14.8. The average Bonchev–Trinajstić information content (AvgIpc) is 1.91. The molecule has 4 nitrogen and oxygen atoms in total. The molecule has 2 N–H and O–H groups in total. The Kier molecular flexibility index (Phi) is 5.27. The number of alkyl halides is 6. The molecule has 0 radical (unpaired) electrons. The monoisotopic (exact) mass is 304 g/mol. The van der Waals surface area contributed by atoms with E-state index in [4.69, 9.17) is 9.79 Å². The summed E-state index contributed by atoms with van der Waals surface area (Å²) >= 11 is 0. The molecule has 1 atom stereocenters. The molecule has 0 saturated carbocycles. The van der Waals surface area contributed by atoms with Gasteiger partial charge < -0.3 is 9.79 Å². The zero-order valence-electron chi connectivity index (χ0n) is 9.05. The predicted octanol–water partition coefficient (Wildman–Crippen LogP) is 3.15. The normalized spacial score (nSPS) is 17.6. The van der Waals surface area contributed by atoms with E-state index in [0.29, 0.717) is 6.92 Å². The first-order valence-corrected chi connectivity index (χ1v) is 6.05. The van der Waals surface area contributed by atoms with Crippen LogP contribution in [0.1, 0.15) is 26.2 Å². The van der Waals surface area contributed by atoms with Crippen molar-refractivity contribution in [2.45, 2.75) is 44.1 Å². The van der Waals surface area contributed by atoms with E-state index in [9.17, 15) is 30.9 Å². The molecule has 0 rings (SSSR count). The van der Waals surface area contributed by atoms with Gasteiger partial charge in [-0.2, -0.15) is 26.3 Å². The Morgan fingerprint density at radius 1 is 1.00 bits per heavy atom. The van der Waals surface area contributed by atoms with E-state index in [-0.39, 0.29) is 0 Å². The van der Waals surface area contributed by atoms with Crippen LogP contribution in [0.5, 0.6) is 0 Å². The molecule has 1 unspecified atom stereocenters. The van der Waals surface area contributed by atoms with Gasteiger partial charge in [-0.05, 0) is 13.3 Å². The van der Waals surface area contributed by atoms with E-state index in [1.807, 2.05) is 0 Å². The Morgan fingerprint density at radius 2 is 1.44 bits per heavy atom. The molecule has 0 heterocycles. The average molecular weight is 304 g/mol. The lowest BCUT2D eigenvalue weighted by molar-refractivity contribution is -0.183. The highest BCUT2D eigenvalue weighted by atomic mass is 31.2. The summed E-state index contributed by atoms with van der Waals surface area (Å²) in [5.74, 6) is 0. The van der Waals surface area contributed by atoms with Gasteiger partial charge in [0.15, 0.2) is 0 Å². The summed E-state index contributed by atoms with van der Waals surface area (Å²) in [6.45, 7) is 0.575. The first-order chi connectivity index (χ1) is 7.62. The largest absolute Gasteiger partial charge is 0.470 e. The van der Waals surface area contributed by atoms with Gasteiger partial charge in [-0.3, -0.25) is 4.52 Å². The van der Waals surface area contributed by atoms with E-state index in [1.165, 1.54) is 0 Å². The van der Waals surface area contributed by atoms with Gasteiger partial charge in [0.1, 0.15) is 0 Å². The van der Waals surface area contributed by atoms with Gasteiger partial charge in [0.25, 0.3) is 0 Å². The number of halogens is 6. The fourth-order valence-corrected chi connectivity index (χ4v) is 2.01. The Hall–Kier alpha value is -0.310. The molecule has 0 aromatic carbocycles. The second-order valence-corrected chi connectivity index (χ2v) is 5.10. The molecule has 0 spiro atoms. The summed E-state index contributed by atoms with van der Waals surface area (Å²) in [6, 6.07) is 0. The summed E-state index contributed by atoms with van der Waals surface area (Å²) in [5, 5.41) is 0. The van der Waals surface area contributed by atoms with Crippen LogP contribution >= 0.6 is 7.82 Å². The molecule has 0 aromatic rings. The lowest BCUT2D eigenvalue weighted by Crippen LogP contribution is -2.35. The van der Waals surface area contributed by atoms with Crippen LogP contribution in [0.4, 0.5) is 26.3 Å². The first-order valence-electron chi connectivity index (χ1n) is 4.52. The minimum absolute atomic E-state index is 0.575. The van der Waals surface area contributed by atoms with Crippen LogP contribution in [0, 0.1) is 0 Å². The van der Waals surface area contributed by atoms with Crippen LogP contribution in [0.15, 0.2) is 0 Å². The molecule has 0 aromatic heterocycles. The Morgan fingerprint density at radius 3 is 1.72 bits per heavy atom. The Balaban J connectivity index is 4.87. The first kappa shape index (κ1) is 17.7. The van der Waals surface area contributed by atoms with Crippen molar-refractivity contribution in [1.29, 1.82) is 0 Å². The standard InChI is InChI=1S/C7H11F6O4P/c1-5(4-7(11,12)13,17-18(14,15)16)2-3-6(8,9)10/h2-4H2,1H3,(H2,14,15,16). The Bertz CT molecular complexity index is 321. The highest BCUT2D eigenvalue weighted by Crippen LogP contribution is 2.47. The van der Waals surface area contributed by atoms with Crippen molar-refractivity contribution in [3.63, 3.8) is 0 Å². The van der Waals surface area contributed by atoms with E-state index in [2.05, 4.69) is 4.52 Å². The highest BCUT2D eigenvalue weighted by Gasteiger charge is 2.45. The third-order valence-electron chi connectivity index (χ3n) is 1.85. The lowest BCUT2D eigenvalue weighted by Gasteiger charge is -2.30. The minimum atomic E-state index is -5.32. The second kappa shape index (κ2) is 5.36. The van der Waals surface area contributed by atoms with Crippen LogP contribution in [0.3, 0.4) is 0 Å². The molecule has 0 aliphatic heterocycles. The molecule has 0 fully saturated rings. The van der Waals surface area contributed by atoms with Crippen LogP contribution in [-0.4, -0.2) is 27.7 Å². The van der Waals surface area contributed by atoms with Crippen molar-refractivity contribution >= 4 is 7.82 Å². The number of hydrogen-bond donors (Lipinski definition) is 2. The molecular weight excluding hydrogens is 293 g/mol. The molecule has 110 valence electrons. The fourth-order valence-electron chi connectivity index (χ4n) is 1.28. The van der Waals surface area contributed by atoms with Gasteiger partial charge in [0.2, 0.25) is 0 Å². The summed E-state index contributed by atoms with van der Waals surface area (Å²) < 4.78 is 86.5. The van der Waals surface area contributed by atoms with Crippen LogP contribution in [0.2, 0.25) is 0 Å². The third kappa shape index (κ3) is 9.69. The SMILES string of the molecule is CC(CCC(F)(F)F)(CC(F)(F)F)OP(=O)(O)O. The van der Waals surface area contributed by atoms with E-state index >= 15 is 0 Å². The molecule has 0 saturated heterocycles. The van der Waals surface area contributed by atoms with Crippen molar-refractivity contribution in [1.82, 2.24) is 0 Å². The molecule has 0 aliphatic rings. The quantitative estimate of drug-likeness (QED) is 0.605. The van der Waals surface area contributed by atoms with E-state index < -0.39 is 45.0 Å². The summed E-state index contributed by atoms with van der Waals surface area (Å²) in [6.07, 6.45) is -14.4. The van der Waals surface area contributed by atoms with Gasteiger partial charge in [0.05, 0.1) is 12.0 Å². The highest BCUT2D eigenvalue weighted by molar-refractivity contribution is 7.46. The number of rotatable bonds is 5. The molecule has 18 heavy (non-hydrogen) atoms. The third-order valence-corrected chi connectivity index (χ3v) is 2.53. The van der Waals surface area contributed by atoms with E-state index in [1.54, 1.807) is 0 Å². The maximum Gasteiger partial charge on any atom is 0.470 e. The van der Waals surface area contributed by atoms with Crippen LogP contribution < -0.4 is 0 Å². The number of phosphoric acid groups is 1. The van der Waals surface area contributed by atoms with Crippen molar-refractivity contribution < 1.29 is 45.2 Å². The lowest BCUT2D eigenvalue weighted by atomic mass is 9.96. The fraction of sp³-hybridized carbons (Fsp3) is 1.00. The van der Waals surface area contributed by atoms with Crippen LogP contribution in [-0.2, 0) is 9.09 Å². The smallest absolute Gasteiger partial charge is 0.303 e. The molecule has 0 aliphatic carbocycles. The maximum atomic E-state index is 12.1. The topological polar surface area (TPSA) is 66.8 Å². The summed E-state index contributed by atoms with van der Waals surface area (Å²) in [7, 11) is -5.32. The van der Waals surface area contributed by atoms with Gasteiger partial charge in [-0.15, -0.1) is 0 Å². The molecular formula is C7H11F6O4P.